The Kier molecular flexibility index (Phi) is 6.92. The van der Waals surface area contributed by atoms with Gasteiger partial charge in [0.1, 0.15) is 11.9 Å². The maximum Gasteiger partial charge on any atom is 0.135 e. The molecule has 0 saturated carbocycles. The van der Waals surface area contributed by atoms with Crippen molar-refractivity contribution in [3.63, 3.8) is 0 Å². The molecule has 0 saturated heterocycles. The smallest absolute Gasteiger partial charge is 0.135 e. The van der Waals surface area contributed by atoms with Crippen LogP contribution in [0.4, 0.5) is 17.1 Å². The molecular formula is C52H34N2OS. The number of thiophene rings is 1. The van der Waals surface area contributed by atoms with Gasteiger partial charge in [0.2, 0.25) is 0 Å². The number of rotatable bonds is 5. The molecule has 8 aromatic carbocycles. The van der Waals surface area contributed by atoms with Crippen molar-refractivity contribution in [1.29, 1.82) is 0 Å². The third-order valence-electron chi connectivity index (χ3n) is 11.7. The highest BCUT2D eigenvalue weighted by Gasteiger charge is 2.39. The minimum Gasteiger partial charge on any atom is -0.484 e. The molecule has 56 heavy (non-hydrogen) atoms. The number of benzene rings is 8. The average molecular weight is 735 g/mol. The lowest BCUT2D eigenvalue weighted by molar-refractivity contribution is 0.223. The first-order valence-electron chi connectivity index (χ1n) is 19.2. The van der Waals surface area contributed by atoms with Gasteiger partial charge in [0, 0.05) is 65.1 Å². The second-order valence-corrected chi connectivity index (χ2v) is 15.9. The summed E-state index contributed by atoms with van der Waals surface area (Å²) in [6.45, 7) is 0. The summed E-state index contributed by atoms with van der Waals surface area (Å²) in [7, 11) is 0. The van der Waals surface area contributed by atoms with E-state index in [2.05, 4.69) is 204 Å². The molecule has 0 fully saturated rings. The van der Waals surface area contributed by atoms with E-state index in [1.54, 1.807) is 0 Å². The molecule has 10 aromatic rings. The fourth-order valence-corrected chi connectivity index (χ4v) is 10.3. The Morgan fingerprint density at radius 3 is 2.05 bits per heavy atom. The zero-order valence-corrected chi connectivity index (χ0v) is 31.2. The monoisotopic (exact) mass is 734 g/mol. The molecule has 2 atom stereocenters. The van der Waals surface area contributed by atoms with Crippen LogP contribution in [0.2, 0.25) is 0 Å². The Morgan fingerprint density at radius 2 is 1.20 bits per heavy atom. The van der Waals surface area contributed by atoms with E-state index >= 15 is 0 Å². The van der Waals surface area contributed by atoms with Crippen LogP contribution in [0.25, 0.3) is 64.9 Å². The molecular weight excluding hydrogens is 701 g/mol. The number of para-hydroxylation sites is 2. The molecule has 12 rings (SSSR count). The SMILES string of the molecule is C1=CC2c3c(cccc3N(c3cccc(-c4ccc5sc6ccccc6c5c4)c3)c3cccc(-n4c5ccccc5c5ccccc54)c3)OC2c2ccccc21. The molecule has 3 heterocycles. The molecule has 0 bridgehead atoms. The van der Waals surface area contributed by atoms with Gasteiger partial charge in [-0.15, -0.1) is 11.3 Å². The van der Waals surface area contributed by atoms with Gasteiger partial charge in [-0.25, -0.2) is 0 Å². The first-order valence-corrected chi connectivity index (χ1v) is 20.1. The molecule has 0 N–H and O–H groups in total. The van der Waals surface area contributed by atoms with Gasteiger partial charge >= 0.3 is 0 Å². The fourth-order valence-electron chi connectivity index (χ4n) is 9.24. The summed E-state index contributed by atoms with van der Waals surface area (Å²) in [5, 5.41) is 5.12. The number of fused-ring (bicyclic) bond motifs is 11. The Hall–Kier alpha value is -6.88. The standard InChI is InChI=1S/C52H34N2OS/c1-2-17-39-33(12-1)26-28-43-51-47(23-11-24-48(51)55-52(39)43)53(36-14-9-13-34(30-36)35-27-29-50-44(31-35)42-20-5-8-25-49(42)56-50)37-15-10-16-38(32-37)54-45-21-6-3-18-40(45)41-19-4-7-22-46(41)54/h1-32,43,52H. The zero-order chi connectivity index (χ0) is 36.7. The van der Waals surface area contributed by atoms with E-state index < -0.39 is 0 Å². The normalized spacial score (nSPS) is 15.6. The van der Waals surface area contributed by atoms with Crippen LogP contribution in [-0.4, -0.2) is 4.57 Å². The Balaban J connectivity index is 1.06. The van der Waals surface area contributed by atoms with Crippen molar-refractivity contribution in [3.8, 4) is 22.6 Å². The fraction of sp³-hybridized carbons (Fsp3) is 0.0385. The summed E-state index contributed by atoms with van der Waals surface area (Å²) >= 11 is 1.86. The van der Waals surface area contributed by atoms with Crippen molar-refractivity contribution in [2.45, 2.75) is 12.0 Å². The van der Waals surface area contributed by atoms with Crippen LogP contribution >= 0.6 is 11.3 Å². The van der Waals surface area contributed by atoms with E-state index in [-0.39, 0.29) is 12.0 Å². The molecule has 2 aromatic heterocycles. The Bertz CT molecular complexity index is 3170. The van der Waals surface area contributed by atoms with Crippen LogP contribution in [0, 0.1) is 0 Å². The quantitative estimate of drug-likeness (QED) is 0.175. The molecule has 2 unspecified atom stereocenters. The third-order valence-corrected chi connectivity index (χ3v) is 12.9. The van der Waals surface area contributed by atoms with Gasteiger partial charge in [-0.05, 0) is 89.5 Å². The number of ether oxygens (including phenoxy) is 1. The first kappa shape index (κ1) is 31.5. The summed E-state index contributed by atoms with van der Waals surface area (Å²) in [5.41, 5.74) is 12.8. The summed E-state index contributed by atoms with van der Waals surface area (Å²) in [5.74, 6) is 1.02. The number of nitrogens with zero attached hydrogens (tertiary/aromatic N) is 2. The first-order chi connectivity index (χ1) is 27.8. The molecule has 1 aliphatic heterocycles. The van der Waals surface area contributed by atoms with Crippen LogP contribution in [-0.2, 0) is 0 Å². The van der Waals surface area contributed by atoms with Crippen LogP contribution in [0.15, 0.2) is 188 Å². The molecule has 2 aliphatic rings. The summed E-state index contributed by atoms with van der Waals surface area (Å²) in [6, 6.07) is 66.3. The predicted octanol–water partition coefficient (Wildman–Crippen LogP) is 14.5. The molecule has 0 amide bonds. The van der Waals surface area contributed by atoms with Gasteiger partial charge < -0.3 is 14.2 Å². The largest absolute Gasteiger partial charge is 0.484 e. The number of anilines is 3. The second-order valence-electron chi connectivity index (χ2n) is 14.8. The maximum absolute atomic E-state index is 6.86. The van der Waals surface area contributed by atoms with Crippen molar-refractivity contribution < 1.29 is 4.74 Å². The Labute approximate surface area is 328 Å². The highest BCUT2D eigenvalue weighted by atomic mass is 32.1. The summed E-state index contributed by atoms with van der Waals surface area (Å²) in [4.78, 5) is 2.44. The van der Waals surface area contributed by atoms with Crippen molar-refractivity contribution in [2.24, 2.45) is 0 Å². The van der Waals surface area contributed by atoms with Gasteiger partial charge in [-0.3, -0.25) is 0 Å². The van der Waals surface area contributed by atoms with E-state index in [1.807, 2.05) is 11.3 Å². The van der Waals surface area contributed by atoms with Crippen LogP contribution < -0.4 is 9.64 Å². The molecule has 4 heteroatoms. The highest BCUT2D eigenvalue weighted by molar-refractivity contribution is 7.25. The van der Waals surface area contributed by atoms with Gasteiger partial charge in [0.25, 0.3) is 0 Å². The average Bonchev–Trinajstić information content (AvgIpc) is 3.94. The second kappa shape index (κ2) is 12.3. The van der Waals surface area contributed by atoms with E-state index in [4.69, 9.17) is 4.74 Å². The van der Waals surface area contributed by atoms with E-state index in [1.165, 1.54) is 69.8 Å². The minimum absolute atomic E-state index is 0.0726. The van der Waals surface area contributed by atoms with Crippen LogP contribution in [0.5, 0.6) is 5.75 Å². The lowest BCUT2D eigenvalue weighted by atomic mass is 9.83. The molecule has 0 radical (unpaired) electrons. The topological polar surface area (TPSA) is 17.4 Å². The molecule has 3 nitrogen and oxygen atoms in total. The van der Waals surface area contributed by atoms with E-state index in [9.17, 15) is 0 Å². The van der Waals surface area contributed by atoms with Gasteiger partial charge in [0.15, 0.2) is 0 Å². The minimum atomic E-state index is -0.0726. The number of hydrogen-bond acceptors (Lipinski definition) is 3. The van der Waals surface area contributed by atoms with Crippen molar-refractivity contribution >= 4 is 76.5 Å². The Morgan fingerprint density at radius 1 is 0.518 bits per heavy atom. The van der Waals surface area contributed by atoms with Crippen LogP contribution in [0.3, 0.4) is 0 Å². The number of hydrogen-bond donors (Lipinski definition) is 0. The summed E-state index contributed by atoms with van der Waals surface area (Å²) < 4.78 is 11.9. The highest BCUT2D eigenvalue weighted by Crippen LogP contribution is 2.55. The molecule has 264 valence electrons. The summed E-state index contributed by atoms with van der Waals surface area (Å²) in [6.07, 6.45) is 4.53. The van der Waals surface area contributed by atoms with Crippen LogP contribution in [0.1, 0.15) is 28.7 Å². The van der Waals surface area contributed by atoms with Crippen molar-refractivity contribution in [1.82, 2.24) is 4.57 Å². The van der Waals surface area contributed by atoms with E-state index in [0.717, 1.165) is 28.5 Å². The van der Waals surface area contributed by atoms with Crippen molar-refractivity contribution in [3.05, 3.63) is 205 Å². The lowest BCUT2D eigenvalue weighted by Crippen LogP contribution is -2.16. The van der Waals surface area contributed by atoms with Gasteiger partial charge in [-0.2, -0.15) is 0 Å². The zero-order valence-electron chi connectivity index (χ0n) is 30.3. The third kappa shape index (κ3) is 4.76. The lowest BCUT2D eigenvalue weighted by Gasteiger charge is -2.30. The predicted molar refractivity (Wildman–Crippen MR) is 235 cm³/mol. The van der Waals surface area contributed by atoms with E-state index in [0.29, 0.717) is 0 Å². The number of aromatic nitrogens is 1. The maximum atomic E-state index is 6.86. The molecule has 0 spiro atoms. The van der Waals surface area contributed by atoms with Crippen molar-refractivity contribution in [2.75, 3.05) is 4.90 Å². The van der Waals surface area contributed by atoms with Gasteiger partial charge in [-0.1, -0.05) is 121 Å². The molecule has 1 aliphatic carbocycles. The van der Waals surface area contributed by atoms with Gasteiger partial charge in [0.05, 0.1) is 16.7 Å².